The third-order valence-corrected chi connectivity index (χ3v) is 2.38. The normalized spacial score (nSPS) is 10.4. The second kappa shape index (κ2) is 7.73. The summed E-state index contributed by atoms with van der Waals surface area (Å²) in [5.74, 6) is 2.83. The summed E-state index contributed by atoms with van der Waals surface area (Å²) >= 11 is 0. The number of halogens is 1. The van der Waals surface area contributed by atoms with Crippen LogP contribution in [0.25, 0.3) is 0 Å². The Bertz CT molecular complexity index is 409. The molecule has 1 N–H and O–H groups in total. The number of hydrogen-bond acceptors (Lipinski definition) is 2. The second-order valence-corrected chi connectivity index (χ2v) is 4.49. The van der Waals surface area contributed by atoms with Gasteiger partial charge in [0, 0.05) is 25.1 Å². The summed E-state index contributed by atoms with van der Waals surface area (Å²) in [5, 5.41) is 3.24. The molecule has 0 amide bonds. The van der Waals surface area contributed by atoms with E-state index < -0.39 is 0 Å². The number of terminal acetylenes is 1. The topological polar surface area (TPSA) is 21.3 Å². The van der Waals surface area contributed by atoms with Crippen molar-refractivity contribution in [3.63, 3.8) is 0 Å². The molecule has 1 aromatic carbocycles. The van der Waals surface area contributed by atoms with E-state index in [1.165, 1.54) is 12.1 Å². The van der Waals surface area contributed by atoms with E-state index >= 15 is 0 Å². The lowest BCUT2D eigenvalue weighted by Gasteiger charge is -2.10. The number of hydrogen-bond donors (Lipinski definition) is 1. The van der Waals surface area contributed by atoms with Crippen molar-refractivity contribution in [3.8, 4) is 18.1 Å². The first-order chi connectivity index (χ1) is 8.61. The van der Waals surface area contributed by atoms with Crippen LogP contribution in [0.5, 0.6) is 5.75 Å². The minimum atomic E-state index is -0.273. The third kappa shape index (κ3) is 5.70. The SMILES string of the molecule is C#CCCCOc1cc(F)cc(CNC(C)C)c1. The van der Waals surface area contributed by atoms with Gasteiger partial charge in [-0.15, -0.1) is 12.3 Å². The molecular weight excluding hydrogens is 229 g/mol. The Balaban J connectivity index is 2.54. The summed E-state index contributed by atoms with van der Waals surface area (Å²) in [4.78, 5) is 0. The van der Waals surface area contributed by atoms with Crippen LogP contribution in [0.4, 0.5) is 4.39 Å². The molecule has 3 heteroatoms. The molecule has 0 saturated carbocycles. The van der Waals surface area contributed by atoms with Crippen LogP contribution in [0, 0.1) is 18.2 Å². The van der Waals surface area contributed by atoms with Crippen molar-refractivity contribution in [2.24, 2.45) is 0 Å². The van der Waals surface area contributed by atoms with Crippen molar-refractivity contribution in [2.75, 3.05) is 6.61 Å². The van der Waals surface area contributed by atoms with Gasteiger partial charge in [0.15, 0.2) is 0 Å². The van der Waals surface area contributed by atoms with Crippen molar-refractivity contribution < 1.29 is 9.13 Å². The summed E-state index contributed by atoms with van der Waals surface area (Å²) < 4.78 is 18.9. The van der Waals surface area contributed by atoms with Crippen LogP contribution >= 0.6 is 0 Å². The van der Waals surface area contributed by atoms with E-state index in [1.807, 2.05) is 6.07 Å². The highest BCUT2D eigenvalue weighted by atomic mass is 19.1. The number of ether oxygens (including phenoxy) is 1. The van der Waals surface area contributed by atoms with Crippen molar-refractivity contribution >= 4 is 0 Å². The zero-order valence-corrected chi connectivity index (χ0v) is 11.0. The zero-order chi connectivity index (χ0) is 13.4. The smallest absolute Gasteiger partial charge is 0.127 e. The predicted octanol–water partition coefficient (Wildman–Crippen LogP) is 3.12. The van der Waals surface area contributed by atoms with Gasteiger partial charge in [0.2, 0.25) is 0 Å². The van der Waals surface area contributed by atoms with Gasteiger partial charge in [-0.1, -0.05) is 13.8 Å². The molecule has 0 bridgehead atoms. The Hall–Kier alpha value is -1.53. The molecule has 0 atom stereocenters. The van der Waals surface area contributed by atoms with Gasteiger partial charge >= 0.3 is 0 Å². The van der Waals surface area contributed by atoms with E-state index in [0.29, 0.717) is 31.4 Å². The van der Waals surface area contributed by atoms with Crippen LogP contribution in [-0.2, 0) is 6.54 Å². The molecule has 0 aliphatic rings. The van der Waals surface area contributed by atoms with Gasteiger partial charge in [-0.2, -0.15) is 0 Å². The molecule has 0 aliphatic carbocycles. The molecule has 0 saturated heterocycles. The lowest BCUT2D eigenvalue weighted by Crippen LogP contribution is -2.21. The number of unbranched alkanes of at least 4 members (excludes halogenated alkanes) is 1. The van der Waals surface area contributed by atoms with Gasteiger partial charge in [-0.05, 0) is 24.1 Å². The van der Waals surface area contributed by atoms with Gasteiger partial charge < -0.3 is 10.1 Å². The molecule has 0 spiro atoms. The highest BCUT2D eigenvalue weighted by Gasteiger charge is 2.02. The molecule has 0 aromatic heterocycles. The molecular formula is C15H20FNO. The minimum Gasteiger partial charge on any atom is -0.493 e. The summed E-state index contributed by atoms with van der Waals surface area (Å²) in [5.41, 5.74) is 0.885. The van der Waals surface area contributed by atoms with E-state index in [2.05, 4.69) is 25.1 Å². The maximum Gasteiger partial charge on any atom is 0.127 e. The first-order valence-electron chi connectivity index (χ1n) is 6.21. The molecule has 0 aliphatic heterocycles. The fourth-order valence-electron chi connectivity index (χ4n) is 1.49. The average Bonchev–Trinajstić information content (AvgIpc) is 2.32. The Morgan fingerprint density at radius 1 is 1.39 bits per heavy atom. The van der Waals surface area contributed by atoms with Crippen molar-refractivity contribution in [1.29, 1.82) is 0 Å². The summed E-state index contributed by atoms with van der Waals surface area (Å²) in [6.07, 6.45) is 6.61. The van der Waals surface area contributed by atoms with Crippen molar-refractivity contribution in [3.05, 3.63) is 29.6 Å². The maximum atomic E-state index is 13.4. The fraction of sp³-hybridized carbons (Fsp3) is 0.467. The third-order valence-electron chi connectivity index (χ3n) is 2.38. The lowest BCUT2D eigenvalue weighted by molar-refractivity contribution is 0.311. The van der Waals surface area contributed by atoms with Gasteiger partial charge in [-0.25, -0.2) is 4.39 Å². The van der Waals surface area contributed by atoms with Crippen molar-refractivity contribution in [2.45, 2.75) is 39.3 Å². The zero-order valence-electron chi connectivity index (χ0n) is 11.0. The molecule has 0 unspecified atom stereocenters. The highest BCUT2D eigenvalue weighted by molar-refractivity contribution is 5.29. The lowest BCUT2D eigenvalue weighted by atomic mass is 10.2. The van der Waals surface area contributed by atoms with E-state index in [9.17, 15) is 4.39 Å². The maximum absolute atomic E-state index is 13.4. The van der Waals surface area contributed by atoms with Crippen LogP contribution in [0.15, 0.2) is 18.2 Å². The second-order valence-electron chi connectivity index (χ2n) is 4.49. The number of benzene rings is 1. The van der Waals surface area contributed by atoms with Crippen LogP contribution in [0.2, 0.25) is 0 Å². The van der Waals surface area contributed by atoms with Crippen LogP contribution in [0.1, 0.15) is 32.3 Å². The van der Waals surface area contributed by atoms with E-state index in [4.69, 9.17) is 11.2 Å². The molecule has 18 heavy (non-hydrogen) atoms. The van der Waals surface area contributed by atoms with Crippen LogP contribution < -0.4 is 10.1 Å². The molecule has 0 fully saturated rings. The molecule has 98 valence electrons. The molecule has 1 aromatic rings. The van der Waals surface area contributed by atoms with E-state index in [0.717, 1.165) is 12.0 Å². The van der Waals surface area contributed by atoms with E-state index in [-0.39, 0.29) is 5.82 Å². The predicted molar refractivity (Wildman–Crippen MR) is 71.9 cm³/mol. The quantitative estimate of drug-likeness (QED) is 0.592. The van der Waals surface area contributed by atoms with E-state index in [1.54, 1.807) is 0 Å². The van der Waals surface area contributed by atoms with Gasteiger partial charge in [-0.3, -0.25) is 0 Å². The minimum absolute atomic E-state index is 0.273. The monoisotopic (exact) mass is 249 g/mol. The first kappa shape index (κ1) is 14.5. The molecule has 0 heterocycles. The Kier molecular flexibility index (Phi) is 6.24. The Labute approximate surface area is 109 Å². The van der Waals surface area contributed by atoms with Gasteiger partial charge in [0.25, 0.3) is 0 Å². The Morgan fingerprint density at radius 3 is 2.83 bits per heavy atom. The van der Waals surface area contributed by atoms with Crippen LogP contribution in [-0.4, -0.2) is 12.6 Å². The highest BCUT2D eigenvalue weighted by Crippen LogP contribution is 2.17. The van der Waals surface area contributed by atoms with Crippen LogP contribution in [0.3, 0.4) is 0 Å². The average molecular weight is 249 g/mol. The first-order valence-corrected chi connectivity index (χ1v) is 6.21. The van der Waals surface area contributed by atoms with Crippen molar-refractivity contribution in [1.82, 2.24) is 5.32 Å². The Morgan fingerprint density at radius 2 is 2.17 bits per heavy atom. The van der Waals surface area contributed by atoms with Gasteiger partial charge in [0.1, 0.15) is 11.6 Å². The number of rotatable bonds is 7. The summed E-state index contributed by atoms with van der Waals surface area (Å²) in [6.45, 7) is 5.26. The summed E-state index contributed by atoms with van der Waals surface area (Å²) in [7, 11) is 0. The van der Waals surface area contributed by atoms with Gasteiger partial charge in [0.05, 0.1) is 6.61 Å². The molecule has 0 radical (unpaired) electrons. The molecule has 2 nitrogen and oxygen atoms in total. The number of nitrogens with one attached hydrogen (secondary N) is 1. The largest absolute Gasteiger partial charge is 0.493 e. The summed E-state index contributed by atoms with van der Waals surface area (Å²) in [6, 6.07) is 5.14. The standard InChI is InChI=1S/C15H20FNO/c1-4-5-6-7-18-15-9-13(8-14(16)10-15)11-17-12(2)3/h1,8-10,12,17H,5-7,11H2,2-3H3. The fourth-order valence-corrected chi connectivity index (χ4v) is 1.49. The molecule has 1 rings (SSSR count).